The predicted molar refractivity (Wildman–Crippen MR) is 60.9 cm³/mol. The summed E-state index contributed by atoms with van der Waals surface area (Å²) in [5.74, 6) is -0.631. The van der Waals surface area contributed by atoms with Gasteiger partial charge in [0.05, 0.1) is 0 Å². The fourth-order valence-electron chi connectivity index (χ4n) is 2.02. The van der Waals surface area contributed by atoms with Crippen molar-refractivity contribution in [2.24, 2.45) is 11.7 Å². The van der Waals surface area contributed by atoms with Crippen LogP contribution in [0.2, 0.25) is 0 Å². The molecule has 1 unspecified atom stereocenters. The van der Waals surface area contributed by atoms with Crippen LogP contribution >= 0.6 is 0 Å². The van der Waals surface area contributed by atoms with E-state index in [0.29, 0.717) is 0 Å². The number of hydrogen-bond acceptors (Lipinski definition) is 2. The molecule has 0 bridgehead atoms. The highest BCUT2D eigenvalue weighted by Crippen LogP contribution is 2.25. The van der Waals surface area contributed by atoms with E-state index in [1.165, 1.54) is 6.08 Å². The van der Waals surface area contributed by atoms with Crippen LogP contribution in [0.4, 0.5) is 0 Å². The van der Waals surface area contributed by atoms with E-state index in [9.17, 15) is 9.59 Å². The fraction of sp³-hybridized carbons (Fsp3) is 0.231. The summed E-state index contributed by atoms with van der Waals surface area (Å²) in [6, 6.07) is 7.60. The molecular weight excluding hydrogens is 202 g/mol. The van der Waals surface area contributed by atoms with Gasteiger partial charge in [0, 0.05) is 11.5 Å². The summed E-state index contributed by atoms with van der Waals surface area (Å²) in [6.07, 6.45) is 4.51. The van der Waals surface area contributed by atoms with E-state index in [1.807, 2.05) is 24.3 Å². The minimum absolute atomic E-state index is 0.0827. The maximum Gasteiger partial charge on any atom is 0.241 e. The number of ketones is 1. The molecule has 0 saturated heterocycles. The molecule has 1 aliphatic carbocycles. The molecule has 0 aromatic heterocycles. The molecule has 0 saturated carbocycles. The summed E-state index contributed by atoms with van der Waals surface area (Å²) in [5, 5.41) is 0. The molecule has 1 aliphatic rings. The summed E-state index contributed by atoms with van der Waals surface area (Å²) in [4.78, 5) is 22.6. The summed E-state index contributed by atoms with van der Waals surface area (Å²) in [6.45, 7) is 0. The molecule has 0 aliphatic heterocycles. The van der Waals surface area contributed by atoms with Gasteiger partial charge in [0.15, 0.2) is 5.78 Å². The Balaban J connectivity index is 2.25. The van der Waals surface area contributed by atoms with E-state index in [2.05, 4.69) is 0 Å². The molecular formula is C13H13NO2. The molecule has 1 atom stereocenters. The molecule has 1 aromatic rings. The maximum atomic E-state index is 12.0. The van der Waals surface area contributed by atoms with Crippen LogP contribution in [-0.2, 0) is 11.2 Å². The van der Waals surface area contributed by atoms with Gasteiger partial charge in [-0.3, -0.25) is 9.59 Å². The number of primary amides is 1. The van der Waals surface area contributed by atoms with Crippen molar-refractivity contribution >= 4 is 11.7 Å². The minimum Gasteiger partial charge on any atom is -0.366 e. The van der Waals surface area contributed by atoms with Crippen LogP contribution in [0.5, 0.6) is 0 Å². The summed E-state index contributed by atoms with van der Waals surface area (Å²) >= 11 is 0. The predicted octanol–water partition coefficient (Wildman–Crippen LogP) is 1.47. The van der Waals surface area contributed by atoms with Gasteiger partial charge in [-0.2, -0.15) is 0 Å². The van der Waals surface area contributed by atoms with Crippen LogP contribution in [0.1, 0.15) is 22.3 Å². The maximum absolute atomic E-state index is 12.0. The lowest BCUT2D eigenvalue weighted by atomic mass is 9.82. The van der Waals surface area contributed by atoms with E-state index in [-0.39, 0.29) is 11.7 Å². The SMILES string of the molecule is NC(=O)C=CC1CCc2ccccc2C1=O. The Hall–Kier alpha value is -1.90. The van der Waals surface area contributed by atoms with Crippen molar-refractivity contribution in [3.05, 3.63) is 47.5 Å². The summed E-state index contributed by atoms with van der Waals surface area (Å²) < 4.78 is 0. The molecule has 16 heavy (non-hydrogen) atoms. The molecule has 0 radical (unpaired) electrons. The van der Waals surface area contributed by atoms with Crippen LogP contribution in [0.15, 0.2) is 36.4 Å². The van der Waals surface area contributed by atoms with Gasteiger partial charge in [-0.15, -0.1) is 0 Å². The van der Waals surface area contributed by atoms with Crippen LogP contribution < -0.4 is 5.73 Å². The average molecular weight is 215 g/mol. The number of hydrogen-bond donors (Lipinski definition) is 1. The molecule has 1 amide bonds. The van der Waals surface area contributed by atoms with Crippen molar-refractivity contribution < 1.29 is 9.59 Å². The molecule has 0 spiro atoms. The van der Waals surface area contributed by atoms with E-state index >= 15 is 0 Å². The number of fused-ring (bicyclic) bond motifs is 1. The summed E-state index contributed by atoms with van der Waals surface area (Å²) in [7, 11) is 0. The molecule has 3 nitrogen and oxygen atoms in total. The monoisotopic (exact) mass is 215 g/mol. The number of benzene rings is 1. The van der Waals surface area contributed by atoms with Gasteiger partial charge in [0.1, 0.15) is 0 Å². The third kappa shape index (κ3) is 2.03. The summed E-state index contributed by atoms with van der Waals surface area (Å²) in [5.41, 5.74) is 6.88. The first kappa shape index (κ1) is 10.6. The number of rotatable bonds is 2. The van der Waals surface area contributed by atoms with Crippen LogP contribution in [0.3, 0.4) is 0 Å². The topological polar surface area (TPSA) is 60.2 Å². The third-order valence-electron chi connectivity index (χ3n) is 2.84. The van der Waals surface area contributed by atoms with Gasteiger partial charge in [0.25, 0.3) is 0 Å². The molecule has 2 N–H and O–H groups in total. The lowest BCUT2D eigenvalue weighted by molar-refractivity contribution is -0.113. The van der Waals surface area contributed by atoms with Gasteiger partial charge in [-0.25, -0.2) is 0 Å². The van der Waals surface area contributed by atoms with Crippen LogP contribution in [-0.4, -0.2) is 11.7 Å². The zero-order valence-electron chi connectivity index (χ0n) is 8.85. The number of carbonyl (C=O) groups excluding carboxylic acids is 2. The highest BCUT2D eigenvalue weighted by molar-refractivity contribution is 6.01. The van der Waals surface area contributed by atoms with E-state index in [1.54, 1.807) is 6.08 Å². The highest BCUT2D eigenvalue weighted by atomic mass is 16.1. The molecule has 82 valence electrons. The Kier molecular flexibility index (Phi) is 2.86. The second kappa shape index (κ2) is 4.31. The number of allylic oxidation sites excluding steroid dienone is 1. The van der Waals surface area contributed by atoms with Gasteiger partial charge in [0.2, 0.25) is 5.91 Å². The van der Waals surface area contributed by atoms with Gasteiger partial charge >= 0.3 is 0 Å². The minimum atomic E-state index is -0.508. The second-order valence-corrected chi connectivity index (χ2v) is 3.93. The number of aryl methyl sites for hydroxylation is 1. The molecule has 3 heteroatoms. The van der Waals surface area contributed by atoms with Crippen LogP contribution in [0, 0.1) is 5.92 Å². The standard InChI is InChI=1S/C13H13NO2/c14-12(15)8-7-10-6-5-9-3-1-2-4-11(9)13(10)16/h1-4,7-8,10H,5-6H2,(H2,14,15). The van der Waals surface area contributed by atoms with Gasteiger partial charge in [-0.1, -0.05) is 30.3 Å². The number of Topliss-reactive ketones (excluding diaryl/α,β-unsaturated/α-hetero) is 1. The first-order valence-electron chi connectivity index (χ1n) is 5.28. The zero-order chi connectivity index (χ0) is 11.5. The van der Waals surface area contributed by atoms with Crippen molar-refractivity contribution in [2.45, 2.75) is 12.8 Å². The third-order valence-corrected chi connectivity index (χ3v) is 2.84. The van der Waals surface area contributed by atoms with Gasteiger partial charge in [-0.05, 0) is 24.5 Å². The Labute approximate surface area is 94.0 Å². The Bertz CT molecular complexity index is 463. The van der Waals surface area contributed by atoms with E-state index < -0.39 is 5.91 Å². The van der Waals surface area contributed by atoms with Crippen molar-refractivity contribution in [1.82, 2.24) is 0 Å². The smallest absolute Gasteiger partial charge is 0.241 e. The first-order valence-corrected chi connectivity index (χ1v) is 5.28. The lowest BCUT2D eigenvalue weighted by Crippen LogP contribution is -2.21. The van der Waals surface area contributed by atoms with Crippen molar-refractivity contribution in [3.8, 4) is 0 Å². The zero-order valence-corrected chi connectivity index (χ0v) is 8.85. The van der Waals surface area contributed by atoms with Crippen molar-refractivity contribution in [3.63, 3.8) is 0 Å². The fourth-order valence-corrected chi connectivity index (χ4v) is 2.02. The van der Waals surface area contributed by atoms with Gasteiger partial charge < -0.3 is 5.73 Å². The van der Waals surface area contributed by atoms with Crippen molar-refractivity contribution in [1.29, 1.82) is 0 Å². The molecule has 0 fully saturated rings. The molecule has 0 heterocycles. The normalized spacial score (nSPS) is 19.8. The molecule has 2 rings (SSSR count). The lowest BCUT2D eigenvalue weighted by Gasteiger charge is -2.20. The Morgan fingerprint density at radius 3 is 2.88 bits per heavy atom. The first-order chi connectivity index (χ1) is 7.68. The highest BCUT2D eigenvalue weighted by Gasteiger charge is 2.24. The second-order valence-electron chi connectivity index (χ2n) is 3.93. The van der Waals surface area contributed by atoms with Crippen LogP contribution in [0.25, 0.3) is 0 Å². The van der Waals surface area contributed by atoms with Crippen molar-refractivity contribution in [2.75, 3.05) is 0 Å². The quantitative estimate of drug-likeness (QED) is 0.759. The molecule has 1 aromatic carbocycles. The number of carbonyl (C=O) groups is 2. The number of nitrogens with two attached hydrogens (primary N) is 1. The van der Waals surface area contributed by atoms with E-state index in [4.69, 9.17) is 5.73 Å². The van der Waals surface area contributed by atoms with E-state index in [0.717, 1.165) is 24.0 Å². The Morgan fingerprint density at radius 2 is 2.12 bits per heavy atom. The largest absolute Gasteiger partial charge is 0.366 e. The number of amides is 1. The Morgan fingerprint density at radius 1 is 1.38 bits per heavy atom. The average Bonchev–Trinajstić information content (AvgIpc) is 2.28.